The van der Waals surface area contributed by atoms with Crippen molar-refractivity contribution in [2.24, 2.45) is 0 Å². The summed E-state index contributed by atoms with van der Waals surface area (Å²) in [5, 5.41) is 4.57. The number of hydrogen-bond acceptors (Lipinski definition) is 4. The predicted octanol–water partition coefficient (Wildman–Crippen LogP) is 7.02. The van der Waals surface area contributed by atoms with Gasteiger partial charge in [0, 0.05) is 0 Å². The van der Waals surface area contributed by atoms with Crippen molar-refractivity contribution in [3.63, 3.8) is 0 Å². The summed E-state index contributed by atoms with van der Waals surface area (Å²) in [6.45, 7) is 4.95. The summed E-state index contributed by atoms with van der Waals surface area (Å²) in [5.74, 6) is 6.34. The van der Waals surface area contributed by atoms with Crippen molar-refractivity contribution in [3.05, 3.63) is 152 Å². The van der Waals surface area contributed by atoms with Gasteiger partial charge in [0.2, 0.25) is 0 Å². The van der Waals surface area contributed by atoms with Crippen LogP contribution in [0, 0.1) is 16.2 Å². The molecule has 2 aliphatic rings. The van der Waals surface area contributed by atoms with Crippen LogP contribution in [-0.4, -0.2) is 37.0 Å². The number of hydrogen-bond donors (Lipinski definition) is 0. The van der Waals surface area contributed by atoms with Crippen LogP contribution >= 0.6 is 18.6 Å². The summed E-state index contributed by atoms with van der Waals surface area (Å²) in [6.07, 6.45) is 8.00. The summed E-state index contributed by atoms with van der Waals surface area (Å²) >= 11 is 3.09. The van der Waals surface area contributed by atoms with E-state index in [1.54, 1.807) is 17.9 Å². The van der Waals surface area contributed by atoms with Crippen molar-refractivity contribution in [2.75, 3.05) is 20.3 Å². The Morgan fingerprint density at radius 2 is 1.36 bits per heavy atom. The Bertz CT molecular complexity index is 2000. The molecule has 0 bridgehead atoms. The monoisotopic (exact) mass is 829 g/mol. The Morgan fingerprint density at radius 1 is 0.830 bits per heavy atom. The molecule has 1 saturated heterocycles. The number of thiophene rings is 1. The molecule has 6 rings (SSSR count). The molecule has 233 valence electrons. The molecule has 1 aromatic heterocycles. The van der Waals surface area contributed by atoms with E-state index in [0.717, 1.165) is 26.9 Å². The van der Waals surface area contributed by atoms with E-state index in [1.165, 1.54) is 39.2 Å². The number of allylic oxidation sites excluding steroid dienone is 5. The Labute approximate surface area is 290 Å². The van der Waals surface area contributed by atoms with Gasteiger partial charge in [-0.05, 0) is 0 Å². The third-order valence-corrected chi connectivity index (χ3v) is 14.7. The molecular formula is C40H32NO3OsPS+. The van der Waals surface area contributed by atoms with Crippen LogP contribution < -0.4 is 15.9 Å². The molecule has 3 aromatic carbocycles. The maximum absolute atomic E-state index is 13.3. The van der Waals surface area contributed by atoms with E-state index in [0.29, 0.717) is 29.2 Å². The third-order valence-electron chi connectivity index (χ3n) is 8.30. The van der Waals surface area contributed by atoms with Gasteiger partial charge >= 0.3 is 292 Å². The van der Waals surface area contributed by atoms with Crippen LogP contribution in [0.1, 0.15) is 44.3 Å². The van der Waals surface area contributed by atoms with E-state index in [9.17, 15) is 9.59 Å². The normalized spacial score (nSPS) is 16.8. The van der Waals surface area contributed by atoms with Crippen molar-refractivity contribution in [1.29, 1.82) is 0 Å². The van der Waals surface area contributed by atoms with Gasteiger partial charge in [0.25, 0.3) is 0 Å². The zero-order chi connectivity index (χ0) is 33.0. The van der Waals surface area contributed by atoms with Crippen LogP contribution in [0.5, 0.6) is 0 Å². The standard InChI is InChI=1S/C40H32NO3PS.Os/c1-5-16-35-37-38(40(43)41(4)39(37)42)36(46-35)24-23-30(25-31-27-44-26-29(31)6-2)28(3)45(32-17-10-7-11-18-32,33-19-12-8-13-20-33)34-21-14-9-15-22-34;/h5-22,25H,26-27H2,1-2,4H3;/q+1;/b16-5+,29-6?,30-28?,31-25?;. The second-order valence-electron chi connectivity index (χ2n) is 11.0. The van der Waals surface area contributed by atoms with E-state index in [-0.39, 0.29) is 11.8 Å². The summed E-state index contributed by atoms with van der Waals surface area (Å²) in [7, 11) is -1.02. The molecule has 4 aromatic rings. The first-order chi connectivity index (χ1) is 22.9. The summed E-state index contributed by atoms with van der Waals surface area (Å²) in [4.78, 5) is 28.9. The number of imide groups is 1. The zero-order valence-electron chi connectivity index (χ0n) is 26.3. The molecular weight excluding hydrogens is 796 g/mol. The quantitative estimate of drug-likeness (QED) is 0.120. The first-order valence-electron chi connectivity index (χ1n) is 15.2. The summed E-state index contributed by atoms with van der Waals surface area (Å²) in [5.41, 5.74) is 3.82. The van der Waals surface area contributed by atoms with Gasteiger partial charge in [-0.1, -0.05) is 0 Å². The molecule has 0 spiro atoms. The molecule has 0 N–H and O–H groups in total. The van der Waals surface area contributed by atoms with E-state index < -0.39 is 7.26 Å². The van der Waals surface area contributed by atoms with Crippen LogP contribution in [0.2, 0.25) is 0 Å². The molecule has 0 saturated carbocycles. The topological polar surface area (TPSA) is 46.6 Å². The molecule has 0 aliphatic carbocycles. The predicted molar refractivity (Wildman–Crippen MR) is 191 cm³/mol. The van der Waals surface area contributed by atoms with Crippen LogP contribution in [-0.2, 0) is 22.7 Å². The fourth-order valence-electron chi connectivity index (χ4n) is 6.05. The molecule has 7 heteroatoms. The maximum atomic E-state index is 13.3. The number of carbonyl (C=O) groups is 2. The van der Waals surface area contributed by atoms with Crippen LogP contribution in [0.25, 0.3) is 6.08 Å². The SMILES string of the molecule is CC=C1COCC1=CC(C#Cc1sc(/C=C/C)c2c1C(=O)N(C)C2=O)=C([C]#[Os])[P+](c1ccccc1)(c1ccccc1)c1ccccc1. The molecule has 0 unspecified atom stereocenters. The van der Waals surface area contributed by atoms with Crippen LogP contribution in [0.15, 0.2) is 131 Å². The number of nitrogens with zero attached hydrogens (tertiary/aromatic N) is 1. The Kier molecular flexibility index (Phi) is 9.96. The average molecular weight is 828 g/mol. The average Bonchev–Trinajstić information content (AvgIpc) is 3.78. The zero-order valence-corrected chi connectivity index (χ0v) is 30.5. The van der Waals surface area contributed by atoms with E-state index in [1.807, 2.05) is 44.2 Å². The molecule has 3 heterocycles. The van der Waals surface area contributed by atoms with E-state index in [4.69, 9.17) is 4.74 Å². The van der Waals surface area contributed by atoms with Crippen LogP contribution in [0.4, 0.5) is 0 Å². The van der Waals surface area contributed by atoms with E-state index in [2.05, 4.69) is 101 Å². The first kappa shape index (κ1) is 32.8. The molecule has 4 nitrogen and oxygen atoms in total. The molecule has 47 heavy (non-hydrogen) atoms. The minimum absolute atomic E-state index is 0.291. The molecule has 0 radical (unpaired) electrons. The summed E-state index contributed by atoms with van der Waals surface area (Å²) in [6, 6.07) is 31.9. The van der Waals surface area contributed by atoms with Crippen molar-refractivity contribution in [2.45, 2.75) is 13.8 Å². The number of rotatable bonds is 6. The second kappa shape index (κ2) is 14.3. The van der Waals surface area contributed by atoms with Crippen molar-refractivity contribution < 1.29 is 32.3 Å². The van der Waals surface area contributed by atoms with Gasteiger partial charge in [0.05, 0.1) is 0 Å². The number of ether oxygens (including phenoxy) is 1. The van der Waals surface area contributed by atoms with Gasteiger partial charge in [0.15, 0.2) is 0 Å². The fraction of sp³-hybridized carbons (Fsp3) is 0.125. The Balaban J connectivity index is 1.73. The molecule has 0 atom stereocenters. The van der Waals surface area contributed by atoms with Crippen LogP contribution in [0.3, 0.4) is 0 Å². The fourth-order valence-corrected chi connectivity index (χ4v) is 12.9. The van der Waals surface area contributed by atoms with E-state index >= 15 is 0 Å². The second-order valence-corrected chi connectivity index (χ2v) is 16.0. The number of amides is 2. The van der Waals surface area contributed by atoms with Gasteiger partial charge < -0.3 is 0 Å². The van der Waals surface area contributed by atoms with Gasteiger partial charge in [0.1, 0.15) is 0 Å². The van der Waals surface area contributed by atoms with Gasteiger partial charge in [-0.15, -0.1) is 0 Å². The number of carbonyl (C=O) groups excluding carboxylic acids is 2. The number of fused-ring (bicyclic) bond motifs is 1. The number of benzene rings is 3. The third kappa shape index (κ3) is 5.92. The Hall–Kier alpha value is -4.17. The summed E-state index contributed by atoms with van der Waals surface area (Å²) < 4.78 is 9.59. The first-order valence-corrected chi connectivity index (χ1v) is 19.1. The van der Waals surface area contributed by atoms with Crippen molar-refractivity contribution in [3.8, 4) is 16.2 Å². The molecule has 2 aliphatic heterocycles. The Morgan fingerprint density at radius 3 is 1.87 bits per heavy atom. The minimum atomic E-state index is -2.55. The van der Waals surface area contributed by atoms with Gasteiger partial charge in [-0.3, -0.25) is 0 Å². The molecule has 1 fully saturated rings. The van der Waals surface area contributed by atoms with Gasteiger partial charge in [-0.25, -0.2) is 0 Å². The van der Waals surface area contributed by atoms with Gasteiger partial charge in [-0.2, -0.15) is 0 Å². The van der Waals surface area contributed by atoms with Crippen molar-refractivity contribution in [1.82, 2.24) is 4.90 Å². The molecule has 2 amide bonds. The van der Waals surface area contributed by atoms with Crippen molar-refractivity contribution >= 4 is 52.4 Å².